The zero-order valence-corrected chi connectivity index (χ0v) is 10.1. The summed E-state index contributed by atoms with van der Waals surface area (Å²) in [6, 6.07) is 0. The lowest BCUT2D eigenvalue weighted by Gasteiger charge is -2.22. The van der Waals surface area contributed by atoms with Crippen LogP contribution in [0, 0.1) is 30.5 Å². The van der Waals surface area contributed by atoms with Crippen molar-refractivity contribution in [2.75, 3.05) is 11.9 Å². The predicted molar refractivity (Wildman–Crippen MR) is 64.2 cm³/mol. The summed E-state index contributed by atoms with van der Waals surface area (Å²) in [5.74, 6) is 2.56. The van der Waals surface area contributed by atoms with E-state index in [1.54, 1.807) is 6.92 Å². The van der Waals surface area contributed by atoms with Gasteiger partial charge in [0.15, 0.2) is 11.6 Å². The highest BCUT2D eigenvalue weighted by Crippen LogP contribution is 2.48. The van der Waals surface area contributed by atoms with E-state index >= 15 is 0 Å². The van der Waals surface area contributed by atoms with Crippen molar-refractivity contribution in [2.45, 2.75) is 32.6 Å². The van der Waals surface area contributed by atoms with Gasteiger partial charge in [-0.3, -0.25) is 0 Å². The van der Waals surface area contributed by atoms with E-state index in [9.17, 15) is 4.39 Å². The molecule has 0 radical (unpaired) electrons. The van der Waals surface area contributed by atoms with Crippen molar-refractivity contribution in [1.29, 1.82) is 0 Å². The van der Waals surface area contributed by atoms with Gasteiger partial charge in [0.2, 0.25) is 0 Å². The molecule has 2 fully saturated rings. The van der Waals surface area contributed by atoms with E-state index in [0.29, 0.717) is 17.4 Å². The molecule has 0 aliphatic heterocycles. The Labute approximate surface area is 101 Å². The van der Waals surface area contributed by atoms with Crippen LogP contribution in [0.4, 0.5) is 10.2 Å². The van der Waals surface area contributed by atoms with Crippen molar-refractivity contribution in [2.24, 2.45) is 17.8 Å². The molecular weight excluding hydrogens is 217 g/mol. The number of nitrogens with zero attached hydrogens (tertiary/aromatic N) is 2. The molecule has 2 saturated carbocycles. The van der Waals surface area contributed by atoms with Crippen molar-refractivity contribution in [3.63, 3.8) is 0 Å². The molecule has 3 atom stereocenters. The van der Waals surface area contributed by atoms with E-state index in [1.807, 2.05) is 0 Å². The fraction of sp³-hybridized carbons (Fsp3) is 0.692. The molecule has 0 saturated heterocycles. The van der Waals surface area contributed by atoms with E-state index in [1.165, 1.54) is 32.0 Å². The van der Waals surface area contributed by atoms with E-state index in [-0.39, 0.29) is 5.82 Å². The fourth-order valence-electron chi connectivity index (χ4n) is 3.44. The first kappa shape index (κ1) is 10.9. The first-order valence-electron chi connectivity index (χ1n) is 6.45. The Morgan fingerprint density at radius 3 is 2.94 bits per heavy atom. The number of aryl methyl sites for hydroxylation is 1. The third-order valence-corrected chi connectivity index (χ3v) is 4.38. The number of hydrogen-bond acceptors (Lipinski definition) is 3. The summed E-state index contributed by atoms with van der Waals surface area (Å²) in [4.78, 5) is 7.80. The summed E-state index contributed by atoms with van der Waals surface area (Å²) in [5.41, 5.74) is 0.412. The molecule has 0 amide bonds. The maximum Gasteiger partial charge on any atom is 0.186 e. The molecule has 1 heterocycles. The van der Waals surface area contributed by atoms with Crippen LogP contribution in [0.2, 0.25) is 0 Å². The summed E-state index contributed by atoms with van der Waals surface area (Å²) in [7, 11) is 0. The summed E-state index contributed by atoms with van der Waals surface area (Å²) in [6.45, 7) is 2.52. The quantitative estimate of drug-likeness (QED) is 0.875. The van der Waals surface area contributed by atoms with Crippen LogP contribution < -0.4 is 5.32 Å². The molecule has 4 heteroatoms. The molecule has 2 aliphatic carbocycles. The van der Waals surface area contributed by atoms with Gasteiger partial charge in [-0.15, -0.1) is 0 Å². The van der Waals surface area contributed by atoms with E-state index in [2.05, 4.69) is 15.3 Å². The minimum absolute atomic E-state index is 0.310. The molecule has 2 bridgehead atoms. The van der Waals surface area contributed by atoms with Gasteiger partial charge in [-0.05, 0) is 43.9 Å². The van der Waals surface area contributed by atoms with Crippen LogP contribution in [-0.2, 0) is 0 Å². The summed E-state index contributed by atoms with van der Waals surface area (Å²) in [6.07, 6.45) is 6.88. The highest BCUT2D eigenvalue weighted by atomic mass is 19.1. The van der Waals surface area contributed by atoms with Crippen LogP contribution in [-0.4, -0.2) is 16.5 Å². The largest absolute Gasteiger partial charge is 0.367 e. The van der Waals surface area contributed by atoms with E-state index < -0.39 is 0 Å². The second-order valence-electron chi connectivity index (χ2n) is 5.44. The van der Waals surface area contributed by atoms with E-state index in [4.69, 9.17) is 0 Å². The van der Waals surface area contributed by atoms with Crippen molar-refractivity contribution < 1.29 is 4.39 Å². The lowest BCUT2D eigenvalue weighted by Crippen LogP contribution is -2.21. The number of anilines is 1. The lowest BCUT2D eigenvalue weighted by molar-refractivity contribution is 0.348. The molecule has 1 aromatic rings. The van der Waals surface area contributed by atoms with Crippen LogP contribution in [0.15, 0.2) is 6.33 Å². The fourth-order valence-corrected chi connectivity index (χ4v) is 3.44. The Morgan fingerprint density at radius 1 is 1.35 bits per heavy atom. The highest BCUT2D eigenvalue weighted by Gasteiger charge is 2.39. The Morgan fingerprint density at radius 2 is 2.24 bits per heavy atom. The molecule has 1 aromatic heterocycles. The van der Waals surface area contributed by atoms with Crippen molar-refractivity contribution in [1.82, 2.24) is 9.97 Å². The van der Waals surface area contributed by atoms with Gasteiger partial charge < -0.3 is 5.32 Å². The molecular formula is C13H18FN3. The number of fused-ring (bicyclic) bond motifs is 2. The third-order valence-electron chi connectivity index (χ3n) is 4.38. The molecule has 3 unspecified atom stereocenters. The molecule has 92 valence electrons. The minimum atomic E-state index is -0.310. The number of rotatable bonds is 3. The Hall–Kier alpha value is -1.19. The van der Waals surface area contributed by atoms with Gasteiger partial charge in [0, 0.05) is 6.54 Å². The van der Waals surface area contributed by atoms with Crippen LogP contribution in [0.5, 0.6) is 0 Å². The van der Waals surface area contributed by atoms with Gasteiger partial charge in [-0.25, -0.2) is 14.4 Å². The van der Waals surface area contributed by atoms with Gasteiger partial charge in [-0.1, -0.05) is 6.42 Å². The van der Waals surface area contributed by atoms with Gasteiger partial charge >= 0.3 is 0 Å². The third kappa shape index (κ3) is 2.01. The summed E-state index contributed by atoms with van der Waals surface area (Å²) >= 11 is 0. The summed E-state index contributed by atoms with van der Waals surface area (Å²) < 4.78 is 13.7. The topological polar surface area (TPSA) is 37.8 Å². The predicted octanol–water partition coefficient (Wildman–Crippen LogP) is 2.77. The second-order valence-corrected chi connectivity index (χ2v) is 5.44. The van der Waals surface area contributed by atoms with Crippen molar-refractivity contribution in [3.8, 4) is 0 Å². The molecule has 1 N–H and O–H groups in total. The molecule has 0 spiro atoms. The van der Waals surface area contributed by atoms with Crippen molar-refractivity contribution >= 4 is 5.82 Å². The maximum absolute atomic E-state index is 13.7. The SMILES string of the molecule is Cc1ncnc(NCC2CC3CCC2C3)c1F. The molecule has 17 heavy (non-hydrogen) atoms. The average Bonchev–Trinajstić information content (AvgIpc) is 2.93. The molecule has 3 rings (SSSR count). The number of hydrogen-bond donors (Lipinski definition) is 1. The number of halogens is 1. The molecule has 0 aromatic carbocycles. The highest BCUT2D eigenvalue weighted by molar-refractivity contribution is 5.36. The average molecular weight is 235 g/mol. The lowest BCUT2D eigenvalue weighted by atomic mass is 9.89. The Kier molecular flexibility index (Phi) is 2.73. The zero-order valence-electron chi connectivity index (χ0n) is 10.1. The maximum atomic E-state index is 13.7. The van der Waals surface area contributed by atoms with Crippen LogP contribution >= 0.6 is 0 Å². The zero-order chi connectivity index (χ0) is 11.8. The van der Waals surface area contributed by atoms with Crippen LogP contribution in [0.3, 0.4) is 0 Å². The summed E-state index contributed by atoms with van der Waals surface area (Å²) in [5, 5.41) is 3.15. The molecule has 3 nitrogen and oxygen atoms in total. The standard InChI is InChI=1S/C13H18FN3/c1-8-12(14)13(17-7-16-8)15-6-11-5-9-2-3-10(11)4-9/h7,9-11H,2-6H2,1H3,(H,15,16,17). The first-order chi connectivity index (χ1) is 8.24. The molecule has 2 aliphatic rings. The monoisotopic (exact) mass is 235 g/mol. The van der Waals surface area contributed by atoms with Gasteiger partial charge in [-0.2, -0.15) is 0 Å². The Balaban J connectivity index is 1.62. The van der Waals surface area contributed by atoms with Gasteiger partial charge in [0.25, 0.3) is 0 Å². The van der Waals surface area contributed by atoms with Crippen molar-refractivity contribution in [3.05, 3.63) is 17.8 Å². The Bertz CT molecular complexity index is 421. The number of aromatic nitrogens is 2. The smallest absolute Gasteiger partial charge is 0.186 e. The van der Waals surface area contributed by atoms with Gasteiger partial charge in [0.05, 0.1) is 5.69 Å². The number of nitrogens with one attached hydrogen (secondary N) is 1. The van der Waals surface area contributed by atoms with Gasteiger partial charge in [0.1, 0.15) is 6.33 Å². The normalized spacial score (nSPS) is 30.8. The minimum Gasteiger partial charge on any atom is -0.367 e. The first-order valence-corrected chi connectivity index (χ1v) is 6.45. The van der Waals surface area contributed by atoms with E-state index in [0.717, 1.165) is 18.4 Å². The van der Waals surface area contributed by atoms with Crippen LogP contribution in [0.25, 0.3) is 0 Å². The van der Waals surface area contributed by atoms with Crippen LogP contribution in [0.1, 0.15) is 31.4 Å². The second kappa shape index (κ2) is 4.24.